The van der Waals surface area contributed by atoms with Crippen molar-refractivity contribution in [3.8, 4) is 5.75 Å². The van der Waals surface area contributed by atoms with Gasteiger partial charge in [-0.3, -0.25) is 9.78 Å². The Labute approximate surface area is 145 Å². The van der Waals surface area contributed by atoms with Gasteiger partial charge < -0.3 is 10.1 Å². The van der Waals surface area contributed by atoms with E-state index in [1.807, 2.05) is 72.8 Å². The molecule has 4 rings (SSSR count). The SMILES string of the molecule is O=C(COc1cccc2ccccc12)Nc1cccc2cccnc12. The summed E-state index contributed by atoms with van der Waals surface area (Å²) in [6, 6.07) is 23.3. The van der Waals surface area contributed by atoms with Gasteiger partial charge in [-0.1, -0.05) is 54.6 Å². The van der Waals surface area contributed by atoms with Gasteiger partial charge in [-0.25, -0.2) is 0 Å². The van der Waals surface area contributed by atoms with E-state index in [0.717, 1.165) is 21.7 Å². The smallest absolute Gasteiger partial charge is 0.262 e. The van der Waals surface area contributed by atoms with Crippen LogP contribution in [0.1, 0.15) is 0 Å². The van der Waals surface area contributed by atoms with Crippen LogP contribution in [0.4, 0.5) is 5.69 Å². The Morgan fingerprint density at radius 3 is 2.60 bits per heavy atom. The Bertz CT molecular complexity index is 1050. The van der Waals surface area contributed by atoms with E-state index >= 15 is 0 Å². The van der Waals surface area contributed by atoms with Gasteiger partial charge in [0.15, 0.2) is 6.61 Å². The summed E-state index contributed by atoms with van der Waals surface area (Å²) in [7, 11) is 0. The Kier molecular flexibility index (Phi) is 4.01. The number of benzene rings is 3. The summed E-state index contributed by atoms with van der Waals surface area (Å²) in [4.78, 5) is 16.6. The maximum absolute atomic E-state index is 12.3. The number of carbonyl (C=O) groups is 1. The summed E-state index contributed by atoms with van der Waals surface area (Å²) in [6.07, 6.45) is 1.71. The number of ether oxygens (including phenoxy) is 1. The molecule has 0 aliphatic carbocycles. The summed E-state index contributed by atoms with van der Waals surface area (Å²) in [5.74, 6) is 0.482. The minimum Gasteiger partial charge on any atom is -0.483 e. The van der Waals surface area contributed by atoms with Gasteiger partial charge in [-0.15, -0.1) is 0 Å². The summed E-state index contributed by atoms with van der Waals surface area (Å²) in [5.41, 5.74) is 1.45. The first-order valence-corrected chi connectivity index (χ1v) is 8.05. The molecule has 3 aromatic carbocycles. The summed E-state index contributed by atoms with van der Waals surface area (Å²) in [6.45, 7) is -0.0583. The van der Waals surface area contributed by atoms with Crippen LogP contribution in [0.2, 0.25) is 0 Å². The molecule has 0 radical (unpaired) electrons. The molecule has 4 aromatic rings. The van der Waals surface area contributed by atoms with Crippen molar-refractivity contribution in [2.24, 2.45) is 0 Å². The number of aromatic nitrogens is 1. The van der Waals surface area contributed by atoms with Crippen LogP contribution >= 0.6 is 0 Å². The van der Waals surface area contributed by atoms with Gasteiger partial charge in [0.25, 0.3) is 5.91 Å². The Hall–Kier alpha value is -3.40. The van der Waals surface area contributed by atoms with Crippen LogP contribution in [-0.2, 0) is 4.79 Å². The van der Waals surface area contributed by atoms with Crippen molar-refractivity contribution in [3.05, 3.63) is 79.0 Å². The number of anilines is 1. The fraction of sp³-hybridized carbons (Fsp3) is 0.0476. The zero-order valence-corrected chi connectivity index (χ0v) is 13.5. The molecule has 0 saturated heterocycles. The molecule has 25 heavy (non-hydrogen) atoms. The molecule has 0 fully saturated rings. The van der Waals surface area contributed by atoms with Crippen LogP contribution in [0.25, 0.3) is 21.7 Å². The van der Waals surface area contributed by atoms with Gasteiger partial charge in [0.1, 0.15) is 5.75 Å². The average Bonchev–Trinajstić information content (AvgIpc) is 2.66. The highest BCUT2D eigenvalue weighted by Gasteiger charge is 2.08. The quantitative estimate of drug-likeness (QED) is 0.604. The van der Waals surface area contributed by atoms with Crippen molar-refractivity contribution in [1.29, 1.82) is 0 Å². The molecule has 1 amide bonds. The van der Waals surface area contributed by atoms with Gasteiger partial charge in [0.2, 0.25) is 0 Å². The van der Waals surface area contributed by atoms with E-state index in [4.69, 9.17) is 4.74 Å². The Morgan fingerprint density at radius 1 is 0.880 bits per heavy atom. The van der Waals surface area contributed by atoms with Crippen LogP contribution in [0.15, 0.2) is 79.0 Å². The van der Waals surface area contributed by atoms with Crippen molar-refractivity contribution in [2.75, 3.05) is 11.9 Å². The fourth-order valence-electron chi connectivity index (χ4n) is 2.86. The molecule has 122 valence electrons. The second-order valence-electron chi connectivity index (χ2n) is 5.69. The van der Waals surface area contributed by atoms with Crippen LogP contribution in [0, 0.1) is 0 Å². The summed E-state index contributed by atoms with van der Waals surface area (Å²) < 4.78 is 5.73. The van der Waals surface area contributed by atoms with Crippen LogP contribution in [0.5, 0.6) is 5.75 Å². The van der Waals surface area contributed by atoms with Gasteiger partial charge >= 0.3 is 0 Å². The van der Waals surface area contributed by atoms with Crippen molar-refractivity contribution >= 4 is 33.3 Å². The van der Waals surface area contributed by atoms with E-state index in [0.29, 0.717) is 11.4 Å². The molecule has 1 heterocycles. The summed E-state index contributed by atoms with van der Waals surface area (Å²) >= 11 is 0. The third-order valence-corrected chi connectivity index (χ3v) is 4.02. The molecule has 0 atom stereocenters. The third kappa shape index (κ3) is 3.15. The lowest BCUT2D eigenvalue weighted by molar-refractivity contribution is -0.118. The van der Waals surface area contributed by atoms with Crippen molar-refractivity contribution in [3.63, 3.8) is 0 Å². The number of rotatable bonds is 4. The first-order valence-electron chi connectivity index (χ1n) is 8.05. The molecule has 0 unspecified atom stereocenters. The largest absolute Gasteiger partial charge is 0.483 e. The molecule has 0 aliphatic heterocycles. The first-order chi connectivity index (χ1) is 12.3. The molecule has 4 heteroatoms. The molecule has 0 saturated carbocycles. The highest BCUT2D eigenvalue weighted by atomic mass is 16.5. The van der Waals surface area contributed by atoms with Gasteiger partial charge in [0.05, 0.1) is 11.2 Å². The number of pyridine rings is 1. The summed E-state index contributed by atoms with van der Waals surface area (Å²) in [5, 5.41) is 5.93. The highest BCUT2D eigenvalue weighted by molar-refractivity contribution is 6.00. The number of fused-ring (bicyclic) bond motifs is 2. The lowest BCUT2D eigenvalue weighted by Crippen LogP contribution is -2.20. The average molecular weight is 328 g/mol. The van der Waals surface area contributed by atoms with Crippen molar-refractivity contribution < 1.29 is 9.53 Å². The number of para-hydroxylation sites is 1. The zero-order valence-electron chi connectivity index (χ0n) is 13.5. The topological polar surface area (TPSA) is 51.2 Å². The number of carbonyl (C=O) groups excluding carboxylic acids is 1. The maximum atomic E-state index is 12.3. The standard InChI is InChI=1S/C21H16N2O2/c24-20(23-18-11-3-8-16-9-5-13-22-21(16)18)14-25-19-12-4-7-15-6-1-2-10-17(15)19/h1-13H,14H2,(H,23,24). The molecule has 4 nitrogen and oxygen atoms in total. The Morgan fingerprint density at radius 2 is 1.64 bits per heavy atom. The third-order valence-electron chi connectivity index (χ3n) is 4.02. The molecular formula is C21H16N2O2. The molecule has 0 bridgehead atoms. The number of nitrogens with one attached hydrogen (secondary N) is 1. The number of hydrogen-bond donors (Lipinski definition) is 1. The van der Waals surface area contributed by atoms with E-state index in [1.54, 1.807) is 6.20 Å². The van der Waals surface area contributed by atoms with E-state index < -0.39 is 0 Å². The van der Waals surface area contributed by atoms with E-state index in [1.165, 1.54) is 0 Å². The van der Waals surface area contributed by atoms with E-state index in [-0.39, 0.29) is 12.5 Å². The Balaban J connectivity index is 1.50. The molecule has 1 aromatic heterocycles. The first kappa shape index (κ1) is 15.1. The molecule has 1 N–H and O–H groups in total. The van der Waals surface area contributed by atoms with Crippen LogP contribution < -0.4 is 10.1 Å². The lowest BCUT2D eigenvalue weighted by atomic mass is 10.1. The normalized spacial score (nSPS) is 10.7. The predicted octanol–water partition coefficient (Wildman–Crippen LogP) is 4.41. The van der Waals surface area contributed by atoms with Gasteiger partial charge in [-0.05, 0) is 23.6 Å². The number of nitrogens with zero attached hydrogens (tertiary/aromatic N) is 1. The second kappa shape index (κ2) is 6.61. The molecule has 0 spiro atoms. The second-order valence-corrected chi connectivity index (χ2v) is 5.69. The number of amides is 1. The van der Waals surface area contributed by atoms with Gasteiger partial charge in [0, 0.05) is 17.0 Å². The lowest BCUT2D eigenvalue weighted by Gasteiger charge is -2.11. The van der Waals surface area contributed by atoms with Crippen LogP contribution in [0.3, 0.4) is 0 Å². The van der Waals surface area contributed by atoms with Gasteiger partial charge in [-0.2, -0.15) is 0 Å². The highest BCUT2D eigenvalue weighted by Crippen LogP contribution is 2.25. The number of hydrogen-bond acceptors (Lipinski definition) is 3. The van der Waals surface area contributed by atoms with Crippen molar-refractivity contribution in [1.82, 2.24) is 4.98 Å². The molecular weight excluding hydrogens is 312 g/mol. The van der Waals surface area contributed by atoms with E-state index in [9.17, 15) is 4.79 Å². The molecule has 0 aliphatic rings. The fourth-order valence-corrected chi connectivity index (χ4v) is 2.86. The predicted molar refractivity (Wildman–Crippen MR) is 99.8 cm³/mol. The minimum absolute atomic E-state index is 0.0583. The van der Waals surface area contributed by atoms with Crippen LogP contribution in [-0.4, -0.2) is 17.5 Å². The van der Waals surface area contributed by atoms with E-state index in [2.05, 4.69) is 10.3 Å². The van der Waals surface area contributed by atoms with Crippen molar-refractivity contribution in [2.45, 2.75) is 0 Å². The monoisotopic (exact) mass is 328 g/mol. The minimum atomic E-state index is -0.217. The maximum Gasteiger partial charge on any atom is 0.262 e. The zero-order chi connectivity index (χ0) is 17.1.